The van der Waals surface area contributed by atoms with Crippen LogP contribution in [0, 0.1) is 17.8 Å². The van der Waals surface area contributed by atoms with Crippen molar-refractivity contribution in [3.63, 3.8) is 0 Å². The van der Waals surface area contributed by atoms with Crippen LogP contribution in [0.3, 0.4) is 0 Å². The first-order valence-electron chi connectivity index (χ1n) is 6.84. The summed E-state index contributed by atoms with van der Waals surface area (Å²) in [5.41, 5.74) is -0.716. The molecule has 2 bridgehead atoms. The zero-order valence-electron chi connectivity index (χ0n) is 10.8. The van der Waals surface area contributed by atoms with E-state index in [2.05, 4.69) is 16.7 Å². The number of aliphatic hydroxyl groups is 1. The Balaban J connectivity index is 1.76. The molecule has 0 radical (unpaired) electrons. The topological polar surface area (TPSA) is 23.5 Å². The highest BCUT2D eigenvalue weighted by molar-refractivity contribution is 5.29. The third kappa shape index (κ3) is 2.51. The number of nitrogens with zero attached hydrogens (tertiary/aromatic N) is 1. The predicted molar refractivity (Wildman–Crippen MR) is 72.2 cm³/mol. The largest absolute Gasteiger partial charge is 0.376 e. The molecule has 19 heavy (non-hydrogen) atoms. The molecule has 1 N–H and O–H groups in total. The van der Waals surface area contributed by atoms with Gasteiger partial charge in [0.1, 0.15) is 6.10 Å². The summed E-state index contributed by atoms with van der Waals surface area (Å²) in [6.45, 7) is 2.37. The molecule has 2 unspecified atom stereocenters. The molecule has 0 aliphatic carbocycles. The van der Waals surface area contributed by atoms with Crippen LogP contribution in [0.15, 0.2) is 30.3 Å². The summed E-state index contributed by atoms with van der Waals surface area (Å²) in [4.78, 5) is 2.13. The van der Waals surface area contributed by atoms with E-state index in [1.807, 2.05) is 18.2 Å². The molecule has 2 nitrogen and oxygen atoms in total. The molecule has 1 aromatic carbocycles. The average Bonchev–Trinajstić information content (AvgIpc) is 2.47. The molecular formula is C16H18FNO. The number of alkyl halides is 1. The number of hydrogen-bond acceptors (Lipinski definition) is 2. The first-order valence-corrected chi connectivity index (χ1v) is 6.84. The van der Waals surface area contributed by atoms with Crippen molar-refractivity contribution in [2.45, 2.75) is 24.6 Å². The summed E-state index contributed by atoms with van der Waals surface area (Å²) >= 11 is 0. The number of piperidine rings is 3. The van der Waals surface area contributed by atoms with Crippen molar-refractivity contribution in [1.82, 2.24) is 4.90 Å². The number of halogens is 1. The number of benzene rings is 1. The zero-order valence-corrected chi connectivity index (χ0v) is 10.8. The third-order valence-corrected chi connectivity index (χ3v) is 4.22. The smallest absolute Gasteiger partial charge is 0.186 e. The Hall–Kier alpha value is -1.37. The number of fused-ring (bicyclic) bond motifs is 3. The van der Waals surface area contributed by atoms with Crippen LogP contribution in [0.25, 0.3) is 0 Å². The second-order valence-corrected chi connectivity index (χ2v) is 5.50. The van der Waals surface area contributed by atoms with Gasteiger partial charge in [0.05, 0.1) is 0 Å². The molecule has 0 aromatic heterocycles. The van der Waals surface area contributed by atoms with E-state index in [1.54, 1.807) is 12.1 Å². The van der Waals surface area contributed by atoms with Gasteiger partial charge in [-0.1, -0.05) is 42.2 Å². The van der Waals surface area contributed by atoms with Gasteiger partial charge >= 0.3 is 0 Å². The van der Waals surface area contributed by atoms with Gasteiger partial charge in [0.2, 0.25) is 0 Å². The lowest BCUT2D eigenvalue weighted by molar-refractivity contribution is -0.0164. The van der Waals surface area contributed by atoms with Crippen molar-refractivity contribution in [1.29, 1.82) is 0 Å². The van der Waals surface area contributed by atoms with Gasteiger partial charge in [-0.25, -0.2) is 4.39 Å². The number of hydrogen-bond donors (Lipinski definition) is 1. The van der Waals surface area contributed by atoms with Crippen LogP contribution in [0.1, 0.15) is 24.5 Å². The van der Waals surface area contributed by atoms with Crippen molar-refractivity contribution >= 4 is 0 Å². The van der Waals surface area contributed by atoms with E-state index in [1.165, 1.54) is 0 Å². The molecular weight excluding hydrogens is 241 g/mol. The van der Waals surface area contributed by atoms with E-state index in [-0.39, 0.29) is 5.92 Å². The van der Waals surface area contributed by atoms with Crippen LogP contribution >= 0.6 is 0 Å². The molecule has 3 heteroatoms. The molecule has 3 aliphatic rings. The summed E-state index contributed by atoms with van der Waals surface area (Å²) in [6.07, 6.45) is 0.864. The molecule has 0 amide bonds. The first kappa shape index (κ1) is 12.7. The molecule has 3 saturated heterocycles. The minimum Gasteiger partial charge on any atom is -0.376 e. The van der Waals surface area contributed by atoms with Crippen LogP contribution < -0.4 is 0 Å². The van der Waals surface area contributed by atoms with Gasteiger partial charge < -0.3 is 5.11 Å². The Morgan fingerprint density at radius 3 is 2.53 bits per heavy atom. The van der Waals surface area contributed by atoms with E-state index in [4.69, 9.17) is 0 Å². The quantitative estimate of drug-likeness (QED) is 0.781. The lowest BCUT2D eigenvalue weighted by Crippen LogP contribution is -2.56. The van der Waals surface area contributed by atoms with Crippen molar-refractivity contribution in [2.75, 3.05) is 19.6 Å². The lowest BCUT2D eigenvalue weighted by atomic mass is 9.77. The van der Waals surface area contributed by atoms with Gasteiger partial charge in [-0.05, 0) is 31.5 Å². The fraction of sp³-hybridized carbons (Fsp3) is 0.500. The Kier molecular flexibility index (Phi) is 3.30. The Morgan fingerprint density at radius 1 is 1.26 bits per heavy atom. The fourth-order valence-corrected chi connectivity index (χ4v) is 3.05. The molecule has 3 fully saturated rings. The zero-order chi connectivity index (χ0) is 13.3. The maximum atomic E-state index is 14.8. The highest BCUT2D eigenvalue weighted by Gasteiger charge is 2.46. The Bertz CT molecular complexity index is 498. The Labute approximate surface area is 113 Å². The monoisotopic (exact) mass is 259 g/mol. The molecule has 100 valence electrons. The van der Waals surface area contributed by atoms with Crippen LogP contribution in [0.5, 0.6) is 0 Å². The van der Waals surface area contributed by atoms with E-state index in [0.717, 1.165) is 31.5 Å². The van der Waals surface area contributed by atoms with Gasteiger partial charge in [-0.3, -0.25) is 4.90 Å². The van der Waals surface area contributed by atoms with Crippen LogP contribution in [0.2, 0.25) is 0 Å². The van der Waals surface area contributed by atoms with Gasteiger partial charge in [0, 0.05) is 12.5 Å². The molecule has 1 aromatic rings. The molecule has 2 atom stereocenters. The van der Waals surface area contributed by atoms with E-state index >= 15 is 0 Å². The van der Waals surface area contributed by atoms with Gasteiger partial charge in [0.15, 0.2) is 5.67 Å². The summed E-state index contributed by atoms with van der Waals surface area (Å²) < 4.78 is 14.8. The summed E-state index contributed by atoms with van der Waals surface area (Å²) in [7, 11) is 0. The maximum absolute atomic E-state index is 14.8. The van der Waals surface area contributed by atoms with Crippen LogP contribution in [-0.2, 0) is 0 Å². The van der Waals surface area contributed by atoms with Gasteiger partial charge in [-0.15, -0.1) is 0 Å². The number of rotatable bonds is 1. The third-order valence-electron chi connectivity index (χ3n) is 4.22. The van der Waals surface area contributed by atoms with Crippen LogP contribution in [0.4, 0.5) is 4.39 Å². The van der Waals surface area contributed by atoms with Crippen molar-refractivity contribution < 1.29 is 9.50 Å². The van der Waals surface area contributed by atoms with E-state index < -0.39 is 11.8 Å². The molecule has 3 aliphatic heterocycles. The van der Waals surface area contributed by atoms with Crippen molar-refractivity contribution in [3.8, 4) is 11.8 Å². The second-order valence-electron chi connectivity index (χ2n) is 5.50. The maximum Gasteiger partial charge on any atom is 0.186 e. The number of aliphatic hydroxyl groups excluding tert-OH is 1. The molecule has 4 rings (SSSR count). The minimum atomic E-state index is -1.44. The lowest BCUT2D eigenvalue weighted by Gasteiger charge is -2.46. The second kappa shape index (κ2) is 4.96. The highest BCUT2D eigenvalue weighted by atomic mass is 19.1. The van der Waals surface area contributed by atoms with E-state index in [9.17, 15) is 9.50 Å². The average molecular weight is 259 g/mol. The standard InChI is InChI=1S/C16H18FNO/c17-16(12-18-10-7-14(16)8-11-18)9-6-15(19)13-4-2-1-3-5-13/h1-5,14-15,19H,7-8,10-12H2. The summed E-state index contributed by atoms with van der Waals surface area (Å²) in [6, 6.07) is 9.19. The predicted octanol–water partition coefficient (Wildman–Crippen LogP) is 2.16. The normalized spacial score (nSPS) is 34.4. The molecule has 0 saturated carbocycles. The molecule has 0 spiro atoms. The van der Waals surface area contributed by atoms with Crippen LogP contribution in [-0.4, -0.2) is 35.3 Å². The van der Waals surface area contributed by atoms with Gasteiger partial charge in [0.25, 0.3) is 0 Å². The van der Waals surface area contributed by atoms with Crippen molar-refractivity contribution in [3.05, 3.63) is 35.9 Å². The van der Waals surface area contributed by atoms with Gasteiger partial charge in [-0.2, -0.15) is 0 Å². The van der Waals surface area contributed by atoms with E-state index in [0.29, 0.717) is 6.54 Å². The minimum absolute atomic E-state index is 0.0352. The summed E-state index contributed by atoms with van der Waals surface area (Å²) in [5.74, 6) is 5.45. The summed E-state index contributed by atoms with van der Waals surface area (Å²) in [5, 5.41) is 9.98. The SMILES string of the molecule is OC(C#CC1(F)CN2CCC1CC2)c1ccccc1. The van der Waals surface area contributed by atoms with Crippen molar-refractivity contribution in [2.24, 2.45) is 5.92 Å². The fourth-order valence-electron chi connectivity index (χ4n) is 3.05. The highest BCUT2D eigenvalue weighted by Crippen LogP contribution is 2.38. The first-order chi connectivity index (χ1) is 9.17. The Morgan fingerprint density at radius 2 is 1.95 bits per heavy atom. The molecule has 3 heterocycles.